The largest absolute Gasteiger partial charge is 0.325 e. The molecule has 1 heterocycles. The molecule has 0 aliphatic carbocycles. The number of rotatable bonds is 4. The van der Waals surface area contributed by atoms with Crippen LogP contribution in [0.2, 0.25) is 0 Å². The first-order valence-corrected chi connectivity index (χ1v) is 6.52. The van der Waals surface area contributed by atoms with Gasteiger partial charge in [0.2, 0.25) is 5.91 Å². The Kier molecular flexibility index (Phi) is 4.26. The summed E-state index contributed by atoms with van der Waals surface area (Å²) in [6.45, 7) is 7.08. The minimum absolute atomic E-state index is 0.0202. The average Bonchev–Trinajstić information content (AvgIpc) is 2.40. The van der Waals surface area contributed by atoms with E-state index in [0.717, 1.165) is 12.3 Å². The van der Waals surface area contributed by atoms with Crippen molar-refractivity contribution in [2.24, 2.45) is 5.92 Å². The highest BCUT2D eigenvalue weighted by atomic mass is 32.2. The zero-order valence-electron chi connectivity index (χ0n) is 9.41. The summed E-state index contributed by atoms with van der Waals surface area (Å²) in [5.41, 5.74) is 0. The van der Waals surface area contributed by atoms with Crippen LogP contribution in [0.4, 0.5) is 0 Å². The van der Waals surface area contributed by atoms with Crippen LogP contribution in [-0.4, -0.2) is 41.6 Å². The molecule has 14 heavy (non-hydrogen) atoms. The van der Waals surface area contributed by atoms with Gasteiger partial charge in [-0.15, -0.1) is 0 Å². The maximum atomic E-state index is 11.9. The van der Waals surface area contributed by atoms with Crippen molar-refractivity contribution in [1.29, 1.82) is 0 Å². The second-order valence-electron chi connectivity index (χ2n) is 4.09. The lowest BCUT2D eigenvalue weighted by Gasteiger charge is -2.20. The molecule has 0 aromatic heterocycles. The molecule has 1 aliphatic heterocycles. The van der Waals surface area contributed by atoms with Gasteiger partial charge >= 0.3 is 0 Å². The fourth-order valence-electron chi connectivity index (χ4n) is 1.76. The maximum absolute atomic E-state index is 11.9. The van der Waals surface area contributed by atoms with Crippen molar-refractivity contribution in [1.82, 2.24) is 10.2 Å². The van der Waals surface area contributed by atoms with Gasteiger partial charge in [-0.2, -0.15) is 11.8 Å². The van der Waals surface area contributed by atoms with Crippen LogP contribution in [0.1, 0.15) is 20.8 Å². The zero-order valence-corrected chi connectivity index (χ0v) is 10.2. The number of hydrogen-bond donors (Lipinski definition) is 1. The number of nitrogens with zero attached hydrogens (tertiary/aromatic N) is 1. The van der Waals surface area contributed by atoms with E-state index in [2.05, 4.69) is 32.3 Å². The van der Waals surface area contributed by atoms with Gasteiger partial charge in [-0.05, 0) is 19.1 Å². The molecule has 1 amide bonds. The van der Waals surface area contributed by atoms with Crippen LogP contribution in [0.5, 0.6) is 0 Å². The Balaban J connectivity index is 2.56. The summed E-state index contributed by atoms with van der Waals surface area (Å²) in [6, 6.07) is 0.0202. The molecule has 2 atom stereocenters. The van der Waals surface area contributed by atoms with E-state index in [0.29, 0.717) is 5.92 Å². The van der Waals surface area contributed by atoms with Crippen LogP contribution in [0.25, 0.3) is 0 Å². The van der Waals surface area contributed by atoms with Crippen molar-refractivity contribution in [2.75, 3.05) is 18.6 Å². The molecule has 0 spiro atoms. The van der Waals surface area contributed by atoms with Gasteiger partial charge in [0.1, 0.15) is 0 Å². The number of carbonyl (C=O) groups excluding carboxylic acids is 1. The van der Waals surface area contributed by atoms with Crippen LogP contribution in [0.15, 0.2) is 0 Å². The third-order valence-electron chi connectivity index (χ3n) is 2.64. The van der Waals surface area contributed by atoms with E-state index in [1.165, 1.54) is 0 Å². The molecule has 0 aromatic carbocycles. The van der Waals surface area contributed by atoms with Crippen LogP contribution in [0.3, 0.4) is 0 Å². The zero-order chi connectivity index (χ0) is 10.7. The summed E-state index contributed by atoms with van der Waals surface area (Å²) < 4.78 is 0. The van der Waals surface area contributed by atoms with Gasteiger partial charge in [-0.3, -0.25) is 10.1 Å². The average molecular weight is 216 g/mol. The minimum Gasteiger partial charge on any atom is -0.325 e. The Bertz CT molecular complexity index is 208. The van der Waals surface area contributed by atoms with Crippen molar-refractivity contribution in [3.05, 3.63) is 0 Å². The fraction of sp³-hybridized carbons (Fsp3) is 0.900. The standard InChI is InChI=1S/C10H20N2OS/c1-7(2)9-10(13)12(5-6-14-4)8(3)11-9/h7-9,11H,5-6H2,1-4H3. The summed E-state index contributed by atoms with van der Waals surface area (Å²) in [5.74, 6) is 1.66. The first-order valence-electron chi connectivity index (χ1n) is 5.13. The Hall–Kier alpha value is -0.220. The van der Waals surface area contributed by atoms with E-state index in [9.17, 15) is 4.79 Å². The first-order chi connectivity index (χ1) is 6.57. The van der Waals surface area contributed by atoms with E-state index >= 15 is 0 Å². The Morgan fingerprint density at radius 3 is 2.64 bits per heavy atom. The predicted octanol–water partition coefficient (Wildman–Crippen LogP) is 1.15. The lowest BCUT2D eigenvalue weighted by atomic mass is 10.1. The normalized spacial score (nSPS) is 27.8. The van der Waals surface area contributed by atoms with E-state index in [4.69, 9.17) is 0 Å². The summed E-state index contributed by atoms with van der Waals surface area (Å²) in [7, 11) is 0. The molecule has 0 aromatic rings. The molecule has 0 saturated carbocycles. The Labute approximate surface area is 90.6 Å². The first kappa shape index (κ1) is 11.9. The van der Waals surface area contributed by atoms with Crippen LogP contribution >= 0.6 is 11.8 Å². The quantitative estimate of drug-likeness (QED) is 0.765. The van der Waals surface area contributed by atoms with Gasteiger partial charge < -0.3 is 4.90 Å². The van der Waals surface area contributed by atoms with Gasteiger partial charge in [0, 0.05) is 12.3 Å². The van der Waals surface area contributed by atoms with Crippen molar-refractivity contribution in [3.8, 4) is 0 Å². The third-order valence-corrected chi connectivity index (χ3v) is 3.23. The van der Waals surface area contributed by atoms with Crippen LogP contribution < -0.4 is 5.32 Å². The molecule has 0 bridgehead atoms. The molecule has 3 nitrogen and oxygen atoms in total. The molecular weight excluding hydrogens is 196 g/mol. The molecular formula is C10H20N2OS. The lowest BCUT2D eigenvalue weighted by molar-refractivity contribution is -0.130. The molecule has 2 unspecified atom stereocenters. The summed E-state index contributed by atoms with van der Waals surface area (Å²) in [5, 5.41) is 3.33. The lowest BCUT2D eigenvalue weighted by Crippen LogP contribution is -2.36. The Morgan fingerprint density at radius 2 is 2.21 bits per heavy atom. The van der Waals surface area contributed by atoms with Gasteiger partial charge in [0.25, 0.3) is 0 Å². The summed E-state index contributed by atoms with van der Waals surface area (Å²) >= 11 is 1.78. The molecule has 1 N–H and O–H groups in total. The molecule has 4 heteroatoms. The van der Waals surface area contributed by atoms with Crippen molar-refractivity contribution in [3.63, 3.8) is 0 Å². The van der Waals surface area contributed by atoms with Crippen molar-refractivity contribution < 1.29 is 4.79 Å². The molecule has 1 aliphatic rings. The second kappa shape index (κ2) is 5.03. The molecule has 1 saturated heterocycles. The number of amides is 1. The van der Waals surface area contributed by atoms with Crippen LogP contribution in [-0.2, 0) is 4.79 Å². The third kappa shape index (κ3) is 2.42. The number of carbonyl (C=O) groups is 1. The number of thioether (sulfide) groups is 1. The SMILES string of the molecule is CSCCN1C(=O)C(C(C)C)NC1C. The second-order valence-corrected chi connectivity index (χ2v) is 5.07. The van der Waals surface area contributed by atoms with Gasteiger partial charge in [0.15, 0.2) is 0 Å². The van der Waals surface area contributed by atoms with E-state index < -0.39 is 0 Å². The highest BCUT2D eigenvalue weighted by molar-refractivity contribution is 7.98. The van der Waals surface area contributed by atoms with E-state index in [1.54, 1.807) is 11.8 Å². The van der Waals surface area contributed by atoms with Crippen molar-refractivity contribution >= 4 is 17.7 Å². The monoisotopic (exact) mass is 216 g/mol. The highest BCUT2D eigenvalue weighted by Gasteiger charge is 2.37. The fourth-order valence-corrected chi connectivity index (χ4v) is 2.14. The number of hydrogen-bond acceptors (Lipinski definition) is 3. The van der Waals surface area contributed by atoms with Gasteiger partial charge in [-0.1, -0.05) is 13.8 Å². The van der Waals surface area contributed by atoms with E-state index in [1.807, 2.05) is 4.90 Å². The minimum atomic E-state index is 0.0202. The predicted molar refractivity (Wildman–Crippen MR) is 61.3 cm³/mol. The van der Waals surface area contributed by atoms with Crippen LogP contribution in [0, 0.1) is 5.92 Å². The maximum Gasteiger partial charge on any atom is 0.241 e. The summed E-state index contributed by atoms with van der Waals surface area (Å²) in [6.07, 6.45) is 2.26. The molecule has 1 rings (SSSR count). The topological polar surface area (TPSA) is 32.3 Å². The smallest absolute Gasteiger partial charge is 0.241 e. The molecule has 82 valence electrons. The molecule has 1 fully saturated rings. The highest BCUT2D eigenvalue weighted by Crippen LogP contribution is 2.16. The van der Waals surface area contributed by atoms with Crippen molar-refractivity contribution in [2.45, 2.75) is 33.0 Å². The van der Waals surface area contributed by atoms with Gasteiger partial charge in [-0.25, -0.2) is 0 Å². The number of nitrogens with one attached hydrogen (secondary N) is 1. The van der Waals surface area contributed by atoms with E-state index in [-0.39, 0.29) is 18.1 Å². The van der Waals surface area contributed by atoms with Gasteiger partial charge in [0.05, 0.1) is 12.2 Å². The Morgan fingerprint density at radius 1 is 1.57 bits per heavy atom. The molecule has 0 radical (unpaired) electrons. The summed E-state index contributed by atoms with van der Waals surface area (Å²) in [4.78, 5) is 13.9.